The number of benzene rings is 2. The fraction of sp³-hybridized carbons (Fsp3) is 0.0667. The third-order valence-electron chi connectivity index (χ3n) is 3.04. The Morgan fingerprint density at radius 1 is 1.04 bits per heavy atom. The van der Waals surface area contributed by atoms with Crippen LogP contribution in [0.5, 0.6) is 5.75 Å². The summed E-state index contributed by atoms with van der Waals surface area (Å²) in [5.74, 6) is -2.09. The average Bonchev–Trinajstić information content (AvgIpc) is 2.49. The van der Waals surface area contributed by atoms with Crippen molar-refractivity contribution in [2.24, 2.45) is 0 Å². The molecule has 0 unspecified atom stereocenters. The van der Waals surface area contributed by atoms with E-state index in [1.807, 2.05) is 0 Å². The smallest absolute Gasteiger partial charge is 0.312 e. The minimum absolute atomic E-state index is 0.0863. The first-order valence-corrected chi connectivity index (χ1v) is 7.04. The molecule has 118 valence electrons. The highest BCUT2D eigenvalue weighted by Crippen LogP contribution is 2.34. The molecule has 0 bridgehead atoms. The third kappa shape index (κ3) is 3.85. The number of phenols is 1. The molecule has 0 saturated heterocycles. The van der Waals surface area contributed by atoms with E-state index in [4.69, 9.17) is 23.2 Å². The predicted molar refractivity (Wildman–Crippen MR) is 84.5 cm³/mol. The van der Waals surface area contributed by atoms with Crippen molar-refractivity contribution in [3.63, 3.8) is 0 Å². The molecule has 23 heavy (non-hydrogen) atoms. The lowest BCUT2D eigenvalue weighted by molar-refractivity contribution is -0.385. The van der Waals surface area contributed by atoms with Crippen LogP contribution in [0.2, 0.25) is 10.0 Å². The number of hydrogen-bond donors (Lipinski definition) is 1. The van der Waals surface area contributed by atoms with E-state index in [9.17, 15) is 24.8 Å². The van der Waals surface area contributed by atoms with E-state index in [0.29, 0.717) is 5.02 Å². The zero-order valence-corrected chi connectivity index (χ0v) is 13.0. The molecule has 2 aromatic carbocycles. The van der Waals surface area contributed by atoms with Crippen LogP contribution in [0.15, 0.2) is 36.4 Å². The number of Topliss-reactive ketones (excluding diaryl/α,β-unsaturated/α-hetero) is 2. The second-order valence-corrected chi connectivity index (χ2v) is 5.48. The van der Waals surface area contributed by atoms with Gasteiger partial charge in [-0.15, -0.1) is 0 Å². The van der Waals surface area contributed by atoms with Gasteiger partial charge in [-0.1, -0.05) is 23.2 Å². The first-order valence-electron chi connectivity index (χ1n) is 6.28. The number of carbonyl (C=O) groups is 2. The van der Waals surface area contributed by atoms with Crippen molar-refractivity contribution in [1.29, 1.82) is 0 Å². The minimum Gasteiger partial charge on any atom is -0.502 e. The largest absolute Gasteiger partial charge is 0.502 e. The highest BCUT2D eigenvalue weighted by molar-refractivity contribution is 6.31. The molecule has 2 aromatic rings. The normalized spacial score (nSPS) is 10.3. The number of aromatic hydroxyl groups is 1. The van der Waals surface area contributed by atoms with Gasteiger partial charge >= 0.3 is 5.69 Å². The molecule has 0 fully saturated rings. The Bertz CT molecular complexity index is 802. The average molecular weight is 354 g/mol. The predicted octanol–water partition coefficient (Wildman–Crippen LogP) is 4.06. The second-order valence-electron chi connectivity index (χ2n) is 4.61. The van der Waals surface area contributed by atoms with Crippen molar-refractivity contribution < 1.29 is 19.6 Å². The number of halogens is 2. The zero-order chi connectivity index (χ0) is 17.1. The standard InChI is InChI=1S/C15H9Cl2NO5/c16-9-3-1-8(2-4-9)13(19)7-14(20)11-5-10(17)6-12(15(11)21)18(22)23/h1-6,21H,7H2. The van der Waals surface area contributed by atoms with Crippen molar-refractivity contribution >= 4 is 40.5 Å². The molecule has 0 atom stereocenters. The Morgan fingerprint density at radius 3 is 2.22 bits per heavy atom. The SMILES string of the molecule is O=C(CC(=O)c1cc(Cl)cc([N+](=O)[O-])c1O)c1ccc(Cl)cc1. The molecule has 0 amide bonds. The van der Waals surface area contributed by atoms with Crippen molar-refractivity contribution in [3.8, 4) is 5.75 Å². The molecule has 0 aliphatic rings. The summed E-state index contributed by atoms with van der Waals surface area (Å²) in [5, 5.41) is 21.0. The van der Waals surface area contributed by atoms with Gasteiger partial charge in [0.05, 0.1) is 16.9 Å². The Kier molecular flexibility index (Phi) is 4.98. The Morgan fingerprint density at radius 2 is 1.65 bits per heavy atom. The Balaban J connectivity index is 2.29. The van der Waals surface area contributed by atoms with Crippen molar-refractivity contribution in [2.75, 3.05) is 0 Å². The lowest BCUT2D eigenvalue weighted by Gasteiger charge is -2.05. The fourth-order valence-electron chi connectivity index (χ4n) is 1.92. The lowest BCUT2D eigenvalue weighted by Crippen LogP contribution is -2.09. The number of ketones is 2. The topological polar surface area (TPSA) is 97.5 Å². The van der Waals surface area contributed by atoms with E-state index in [-0.39, 0.29) is 16.1 Å². The fourth-order valence-corrected chi connectivity index (χ4v) is 2.25. The molecule has 0 aliphatic carbocycles. The van der Waals surface area contributed by atoms with Crippen molar-refractivity contribution in [3.05, 3.63) is 67.7 Å². The van der Waals surface area contributed by atoms with Crippen LogP contribution in [0.4, 0.5) is 5.69 Å². The molecule has 0 heterocycles. The van der Waals surface area contributed by atoms with Gasteiger partial charge in [-0.25, -0.2) is 0 Å². The van der Waals surface area contributed by atoms with Crippen LogP contribution in [0.1, 0.15) is 27.1 Å². The number of nitro benzene ring substituents is 1. The van der Waals surface area contributed by atoms with Gasteiger partial charge in [0.1, 0.15) is 0 Å². The first kappa shape index (κ1) is 16.9. The number of nitro groups is 1. The molecule has 6 nitrogen and oxygen atoms in total. The Labute approximate surface area is 140 Å². The van der Waals surface area contributed by atoms with Gasteiger partial charge in [0.15, 0.2) is 11.6 Å². The molecule has 1 N–H and O–H groups in total. The highest BCUT2D eigenvalue weighted by atomic mass is 35.5. The zero-order valence-electron chi connectivity index (χ0n) is 11.5. The van der Waals surface area contributed by atoms with Gasteiger partial charge in [0, 0.05) is 21.7 Å². The summed E-state index contributed by atoms with van der Waals surface area (Å²) in [6.07, 6.45) is -0.563. The number of phenolic OH excluding ortho intramolecular Hbond substituents is 1. The van der Waals surface area contributed by atoms with Gasteiger partial charge in [-0.2, -0.15) is 0 Å². The monoisotopic (exact) mass is 353 g/mol. The Hall–Kier alpha value is -2.44. The molecule has 0 saturated carbocycles. The van der Waals surface area contributed by atoms with Crippen LogP contribution in [0, 0.1) is 10.1 Å². The lowest BCUT2D eigenvalue weighted by atomic mass is 10.0. The van der Waals surface area contributed by atoms with E-state index < -0.39 is 34.3 Å². The number of carbonyl (C=O) groups excluding carboxylic acids is 2. The minimum atomic E-state index is -0.862. The summed E-state index contributed by atoms with van der Waals surface area (Å²) in [7, 11) is 0. The summed E-state index contributed by atoms with van der Waals surface area (Å²) in [5.41, 5.74) is -0.801. The number of rotatable bonds is 5. The molecule has 0 spiro atoms. The van der Waals surface area contributed by atoms with Crippen LogP contribution in [-0.4, -0.2) is 21.6 Å². The molecule has 0 radical (unpaired) electrons. The van der Waals surface area contributed by atoms with E-state index in [1.54, 1.807) is 0 Å². The first-order chi connectivity index (χ1) is 10.8. The van der Waals surface area contributed by atoms with Crippen LogP contribution in [0.3, 0.4) is 0 Å². The van der Waals surface area contributed by atoms with Crippen molar-refractivity contribution in [1.82, 2.24) is 0 Å². The second kappa shape index (κ2) is 6.76. The number of nitrogens with zero attached hydrogens (tertiary/aromatic N) is 1. The highest BCUT2D eigenvalue weighted by Gasteiger charge is 2.24. The van der Waals surface area contributed by atoms with E-state index >= 15 is 0 Å². The molecular weight excluding hydrogens is 345 g/mol. The number of hydrogen-bond acceptors (Lipinski definition) is 5. The van der Waals surface area contributed by atoms with Crippen LogP contribution >= 0.6 is 23.2 Å². The van der Waals surface area contributed by atoms with Gasteiger partial charge in [0.25, 0.3) is 0 Å². The maximum Gasteiger partial charge on any atom is 0.312 e. The van der Waals surface area contributed by atoms with Crippen LogP contribution in [0.25, 0.3) is 0 Å². The van der Waals surface area contributed by atoms with Crippen LogP contribution < -0.4 is 0 Å². The van der Waals surface area contributed by atoms with Crippen molar-refractivity contribution in [2.45, 2.75) is 6.42 Å². The molecule has 2 rings (SSSR count). The van der Waals surface area contributed by atoms with Gasteiger partial charge in [-0.3, -0.25) is 19.7 Å². The summed E-state index contributed by atoms with van der Waals surface area (Å²) in [6.45, 7) is 0. The molecule has 0 aromatic heterocycles. The maximum absolute atomic E-state index is 12.2. The quantitative estimate of drug-likeness (QED) is 0.378. The van der Waals surface area contributed by atoms with Gasteiger partial charge in [-0.05, 0) is 30.3 Å². The van der Waals surface area contributed by atoms with Gasteiger partial charge < -0.3 is 5.11 Å². The summed E-state index contributed by atoms with van der Waals surface area (Å²) < 4.78 is 0. The van der Waals surface area contributed by atoms with E-state index in [0.717, 1.165) is 12.1 Å². The van der Waals surface area contributed by atoms with E-state index in [1.165, 1.54) is 24.3 Å². The molecule has 8 heteroatoms. The van der Waals surface area contributed by atoms with Gasteiger partial charge in [0.2, 0.25) is 5.75 Å². The van der Waals surface area contributed by atoms with E-state index in [2.05, 4.69) is 0 Å². The van der Waals surface area contributed by atoms with Crippen LogP contribution in [-0.2, 0) is 0 Å². The molecule has 0 aliphatic heterocycles. The third-order valence-corrected chi connectivity index (χ3v) is 3.51. The summed E-state index contributed by atoms with van der Waals surface area (Å²) in [6, 6.07) is 7.93. The maximum atomic E-state index is 12.2. The summed E-state index contributed by atoms with van der Waals surface area (Å²) in [4.78, 5) is 34.2. The summed E-state index contributed by atoms with van der Waals surface area (Å²) >= 11 is 11.4. The molecular formula is C15H9Cl2NO5.